The summed E-state index contributed by atoms with van der Waals surface area (Å²) in [5.74, 6) is -0.672. The minimum Gasteiger partial charge on any atom is -0.493 e. The fourth-order valence-electron chi connectivity index (χ4n) is 3.56. The van der Waals surface area contributed by atoms with Crippen LogP contribution in [0.5, 0.6) is 5.75 Å². The molecule has 29 heavy (non-hydrogen) atoms. The van der Waals surface area contributed by atoms with Gasteiger partial charge in [-0.05, 0) is 12.1 Å². The molecule has 2 aromatic rings. The first-order valence-electron chi connectivity index (χ1n) is 8.81. The van der Waals surface area contributed by atoms with Crippen LogP contribution >= 0.6 is 0 Å². The van der Waals surface area contributed by atoms with Crippen molar-refractivity contribution in [3.8, 4) is 5.75 Å². The number of carbonyl (C=O) groups is 3. The molecule has 10 heteroatoms. The highest BCUT2D eigenvalue weighted by Crippen LogP contribution is 2.40. The van der Waals surface area contributed by atoms with Crippen molar-refractivity contribution in [2.75, 3.05) is 18.5 Å². The summed E-state index contributed by atoms with van der Waals surface area (Å²) in [7, 11) is 0. The van der Waals surface area contributed by atoms with E-state index < -0.39 is 34.9 Å². The zero-order valence-corrected chi connectivity index (χ0v) is 15.1. The van der Waals surface area contributed by atoms with Gasteiger partial charge in [-0.15, -0.1) is 0 Å². The smallest absolute Gasteiger partial charge is 0.325 e. The number of imide groups is 1. The molecule has 0 saturated carbocycles. The van der Waals surface area contributed by atoms with Crippen LogP contribution in [-0.2, 0) is 15.1 Å². The van der Waals surface area contributed by atoms with E-state index in [2.05, 4.69) is 10.6 Å². The molecule has 1 fully saturated rings. The molecule has 0 bridgehead atoms. The Labute approximate surface area is 164 Å². The van der Waals surface area contributed by atoms with Crippen molar-refractivity contribution < 1.29 is 24.0 Å². The number of fused-ring (bicyclic) bond motifs is 2. The first-order valence-corrected chi connectivity index (χ1v) is 8.81. The number of nitro groups is 1. The summed E-state index contributed by atoms with van der Waals surface area (Å²) < 4.78 is 5.56. The molecule has 0 radical (unpaired) electrons. The van der Waals surface area contributed by atoms with E-state index in [9.17, 15) is 24.5 Å². The van der Waals surface area contributed by atoms with Crippen LogP contribution in [0.3, 0.4) is 0 Å². The van der Waals surface area contributed by atoms with Gasteiger partial charge in [-0.2, -0.15) is 0 Å². The lowest BCUT2D eigenvalue weighted by molar-refractivity contribution is -0.384. The first kappa shape index (κ1) is 18.4. The highest BCUT2D eigenvalue weighted by molar-refractivity contribution is 6.10. The monoisotopic (exact) mass is 396 g/mol. The fraction of sp³-hybridized carbons (Fsp3) is 0.211. The molecule has 2 N–H and O–H groups in total. The number of carbonyl (C=O) groups excluding carboxylic acids is 3. The first-order chi connectivity index (χ1) is 13.9. The molecule has 1 unspecified atom stereocenters. The molecule has 10 nitrogen and oxygen atoms in total. The van der Waals surface area contributed by atoms with Crippen LogP contribution in [0.2, 0.25) is 0 Å². The standard InChI is InChI=1S/C19H16N4O6/c24-16(20-12-4-3-5-13(10-12)23(27)28)11-22-17(25)19(21-18(22)26)8-9-29-15-7-2-1-6-14(15)19/h1-7,10H,8-9,11H2,(H,20,24)(H,21,26). The van der Waals surface area contributed by atoms with Crippen LogP contribution in [0.25, 0.3) is 0 Å². The summed E-state index contributed by atoms with van der Waals surface area (Å²) in [6.07, 6.45) is 0.248. The highest BCUT2D eigenvalue weighted by atomic mass is 16.6. The van der Waals surface area contributed by atoms with E-state index in [4.69, 9.17) is 4.74 Å². The number of nitrogens with zero attached hydrogens (tertiary/aromatic N) is 2. The zero-order valence-electron chi connectivity index (χ0n) is 15.1. The SMILES string of the molecule is O=C(CN1C(=O)NC2(CCOc3ccccc32)C1=O)Nc1cccc([N+](=O)[O-])c1. The lowest BCUT2D eigenvalue weighted by Crippen LogP contribution is -2.48. The predicted molar refractivity (Wildman–Crippen MR) is 100 cm³/mol. The topological polar surface area (TPSA) is 131 Å². The number of benzene rings is 2. The molecule has 1 saturated heterocycles. The van der Waals surface area contributed by atoms with Crippen molar-refractivity contribution in [1.82, 2.24) is 10.2 Å². The number of ether oxygens (including phenoxy) is 1. The molecule has 4 rings (SSSR count). The van der Waals surface area contributed by atoms with Gasteiger partial charge in [0.15, 0.2) is 5.54 Å². The number of amides is 4. The Balaban J connectivity index is 1.53. The number of nitrogens with one attached hydrogen (secondary N) is 2. The molecular weight excluding hydrogens is 380 g/mol. The molecule has 2 aliphatic heterocycles. The largest absolute Gasteiger partial charge is 0.493 e. The summed E-state index contributed by atoms with van der Waals surface area (Å²) in [6, 6.07) is 11.6. The van der Waals surface area contributed by atoms with Gasteiger partial charge < -0.3 is 15.4 Å². The minimum atomic E-state index is -1.27. The number of rotatable bonds is 4. The Morgan fingerprint density at radius 1 is 1.24 bits per heavy atom. The lowest BCUT2D eigenvalue weighted by Gasteiger charge is -2.33. The van der Waals surface area contributed by atoms with E-state index in [-0.39, 0.29) is 24.4 Å². The van der Waals surface area contributed by atoms with Gasteiger partial charge in [-0.25, -0.2) is 4.79 Å². The molecule has 148 valence electrons. The Morgan fingerprint density at radius 3 is 2.83 bits per heavy atom. The third-order valence-electron chi connectivity index (χ3n) is 4.90. The van der Waals surface area contributed by atoms with E-state index in [0.717, 1.165) is 4.90 Å². The Bertz CT molecular complexity index is 1040. The Hall–Kier alpha value is -3.95. The number of urea groups is 1. The average molecular weight is 396 g/mol. The van der Waals surface area contributed by atoms with Gasteiger partial charge in [-0.1, -0.05) is 24.3 Å². The number of nitro benzene ring substituents is 1. The van der Waals surface area contributed by atoms with E-state index >= 15 is 0 Å². The molecule has 1 spiro atoms. The quantitative estimate of drug-likeness (QED) is 0.460. The Morgan fingerprint density at radius 2 is 2.03 bits per heavy atom. The fourth-order valence-corrected chi connectivity index (χ4v) is 3.56. The lowest BCUT2D eigenvalue weighted by atomic mass is 9.84. The van der Waals surface area contributed by atoms with Crippen molar-refractivity contribution in [3.05, 3.63) is 64.2 Å². The summed E-state index contributed by atoms with van der Waals surface area (Å²) in [5, 5.41) is 16.0. The predicted octanol–water partition coefficient (Wildman–Crippen LogP) is 1.76. The van der Waals surface area contributed by atoms with Crippen LogP contribution in [0.4, 0.5) is 16.2 Å². The van der Waals surface area contributed by atoms with Gasteiger partial charge in [0.05, 0.1) is 11.5 Å². The molecule has 2 aromatic carbocycles. The maximum absolute atomic E-state index is 13.1. The number of hydrogen-bond donors (Lipinski definition) is 2. The normalized spacial score (nSPS) is 20.1. The maximum atomic E-state index is 13.1. The van der Waals surface area contributed by atoms with Crippen molar-refractivity contribution in [3.63, 3.8) is 0 Å². The van der Waals surface area contributed by atoms with Crippen molar-refractivity contribution in [2.24, 2.45) is 0 Å². The van der Waals surface area contributed by atoms with E-state index in [1.54, 1.807) is 24.3 Å². The number of hydrogen-bond acceptors (Lipinski definition) is 6. The second kappa shape index (κ2) is 6.89. The van der Waals surface area contributed by atoms with Crippen LogP contribution in [0, 0.1) is 10.1 Å². The molecule has 2 heterocycles. The van der Waals surface area contributed by atoms with Gasteiger partial charge >= 0.3 is 6.03 Å². The number of anilines is 1. The van der Waals surface area contributed by atoms with Crippen LogP contribution in [0.15, 0.2) is 48.5 Å². The summed E-state index contributed by atoms with van der Waals surface area (Å²) in [4.78, 5) is 49.1. The van der Waals surface area contributed by atoms with E-state index in [0.29, 0.717) is 11.3 Å². The second-order valence-corrected chi connectivity index (χ2v) is 6.68. The Kier molecular flexibility index (Phi) is 4.38. The maximum Gasteiger partial charge on any atom is 0.325 e. The van der Waals surface area contributed by atoms with Crippen molar-refractivity contribution in [1.29, 1.82) is 0 Å². The van der Waals surface area contributed by atoms with Crippen LogP contribution in [-0.4, -0.2) is 40.8 Å². The molecule has 2 aliphatic rings. The molecule has 4 amide bonds. The summed E-state index contributed by atoms with van der Waals surface area (Å²) >= 11 is 0. The van der Waals surface area contributed by atoms with Gasteiger partial charge in [0, 0.05) is 29.8 Å². The summed E-state index contributed by atoms with van der Waals surface area (Å²) in [5.41, 5.74) is -0.707. The van der Waals surface area contributed by atoms with Crippen molar-refractivity contribution >= 4 is 29.2 Å². The van der Waals surface area contributed by atoms with Crippen LogP contribution < -0.4 is 15.4 Å². The average Bonchev–Trinajstić information content (AvgIpc) is 2.93. The molecular formula is C19H16N4O6. The van der Waals surface area contributed by atoms with Gasteiger partial charge in [-0.3, -0.25) is 24.6 Å². The molecule has 0 aromatic heterocycles. The zero-order chi connectivity index (χ0) is 20.6. The van der Waals surface area contributed by atoms with E-state index in [1.807, 2.05) is 0 Å². The highest BCUT2D eigenvalue weighted by Gasteiger charge is 2.55. The minimum absolute atomic E-state index is 0.185. The third-order valence-corrected chi connectivity index (χ3v) is 4.90. The van der Waals surface area contributed by atoms with Crippen LogP contribution in [0.1, 0.15) is 12.0 Å². The third kappa shape index (κ3) is 3.14. The van der Waals surface area contributed by atoms with E-state index in [1.165, 1.54) is 24.3 Å². The second-order valence-electron chi connectivity index (χ2n) is 6.68. The van der Waals surface area contributed by atoms with Gasteiger partial charge in [0.1, 0.15) is 12.3 Å². The number of non-ortho nitro benzene ring substituents is 1. The summed E-state index contributed by atoms with van der Waals surface area (Å²) in [6.45, 7) is -0.269. The molecule has 0 aliphatic carbocycles. The van der Waals surface area contributed by atoms with Gasteiger partial charge in [0.25, 0.3) is 11.6 Å². The van der Waals surface area contributed by atoms with Gasteiger partial charge in [0.2, 0.25) is 5.91 Å². The van der Waals surface area contributed by atoms with Crippen molar-refractivity contribution in [2.45, 2.75) is 12.0 Å². The number of para-hydroxylation sites is 1. The molecule has 1 atom stereocenters.